The van der Waals surface area contributed by atoms with Crippen molar-refractivity contribution in [3.05, 3.63) is 47.9 Å². The summed E-state index contributed by atoms with van der Waals surface area (Å²) >= 11 is 0. The maximum absolute atomic E-state index is 9.22. The molecule has 0 radical (unpaired) electrons. The molecule has 0 saturated heterocycles. The summed E-state index contributed by atoms with van der Waals surface area (Å²) in [4.78, 5) is 0. The molecule has 1 aromatic carbocycles. The Labute approximate surface area is 81.3 Å². The lowest BCUT2D eigenvalue weighted by Gasteiger charge is -1.89. The van der Waals surface area contributed by atoms with Gasteiger partial charge in [-0.05, 0) is 11.6 Å². The molecule has 0 atom stereocenters. The second kappa shape index (κ2) is 3.79. The fraction of sp³-hybridized carbons (Fsp3) is 0. The summed E-state index contributed by atoms with van der Waals surface area (Å²) in [5.41, 5.74) is 1.49. The van der Waals surface area contributed by atoms with Crippen LogP contribution in [0.2, 0.25) is 0 Å². The fourth-order valence-electron chi connectivity index (χ4n) is 1.10. The minimum absolute atomic E-state index is 0.0529. The lowest BCUT2D eigenvalue weighted by molar-refractivity contribution is 0.407. The van der Waals surface area contributed by atoms with Crippen molar-refractivity contribution in [3.8, 4) is 5.75 Å². The van der Waals surface area contributed by atoms with Crippen molar-refractivity contribution in [3.63, 3.8) is 0 Å². The van der Waals surface area contributed by atoms with Crippen LogP contribution in [0.3, 0.4) is 0 Å². The first-order chi connectivity index (χ1) is 6.86. The molecule has 70 valence electrons. The number of rotatable bonds is 2. The van der Waals surface area contributed by atoms with Gasteiger partial charge < -0.3 is 9.63 Å². The Morgan fingerprint density at radius 1 is 1.14 bits per heavy atom. The van der Waals surface area contributed by atoms with Crippen LogP contribution in [-0.4, -0.2) is 10.3 Å². The molecule has 0 amide bonds. The maximum Gasteiger partial charge on any atom is 0.183 e. The molecule has 0 aliphatic heterocycles. The highest BCUT2D eigenvalue weighted by Crippen LogP contribution is 2.16. The summed E-state index contributed by atoms with van der Waals surface area (Å²) in [5.74, 6) is 0.0529. The average molecular weight is 187 g/mol. The van der Waals surface area contributed by atoms with Crippen LogP contribution in [-0.2, 0) is 0 Å². The summed E-state index contributed by atoms with van der Waals surface area (Å²) in [5, 5.41) is 12.8. The molecule has 2 rings (SSSR count). The zero-order valence-corrected chi connectivity index (χ0v) is 7.42. The summed E-state index contributed by atoms with van der Waals surface area (Å²) in [6.07, 6.45) is 4.76. The highest BCUT2D eigenvalue weighted by atomic mass is 16.5. The van der Waals surface area contributed by atoms with Crippen LogP contribution in [0.15, 0.2) is 41.1 Å². The topological polar surface area (TPSA) is 46.3 Å². The summed E-state index contributed by atoms with van der Waals surface area (Å²) < 4.78 is 4.58. The lowest BCUT2D eigenvalue weighted by Crippen LogP contribution is -1.71. The van der Waals surface area contributed by atoms with Crippen LogP contribution < -0.4 is 0 Å². The first-order valence-electron chi connectivity index (χ1n) is 4.23. The molecule has 14 heavy (non-hydrogen) atoms. The van der Waals surface area contributed by atoms with Crippen molar-refractivity contribution >= 4 is 12.2 Å². The second-order valence-corrected chi connectivity index (χ2v) is 2.83. The van der Waals surface area contributed by atoms with Gasteiger partial charge in [0.25, 0.3) is 0 Å². The molecule has 2 aromatic rings. The molecule has 0 fully saturated rings. The van der Waals surface area contributed by atoms with Crippen LogP contribution in [0.1, 0.15) is 11.3 Å². The summed E-state index contributed by atoms with van der Waals surface area (Å²) in [6.45, 7) is 0. The molecule has 0 bridgehead atoms. The Bertz CT molecular complexity index is 432. The van der Waals surface area contributed by atoms with E-state index >= 15 is 0 Å². The van der Waals surface area contributed by atoms with Gasteiger partial charge in [-0.2, -0.15) is 0 Å². The molecule has 0 spiro atoms. The van der Waals surface area contributed by atoms with E-state index in [0.29, 0.717) is 5.69 Å². The third-order valence-electron chi connectivity index (χ3n) is 1.81. The second-order valence-electron chi connectivity index (χ2n) is 2.83. The summed E-state index contributed by atoms with van der Waals surface area (Å²) in [6, 6.07) is 9.77. The van der Waals surface area contributed by atoms with Gasteiger partial charge in [0.1, 0.15) is 5.69 Å². The molecule has 1 aromatic heterocycles. The quantitative estimate of drug-likeness (QED) is 0.785. The van der Waals surface area contributed by atoms with Gasteiger partial charge in [-0.15, -0.1) is 0 Å². The maximum atomic E-state index is 9.22. The highest BCUT2D eigenvalue weighted by Gasteiger charge is 1.99. The Morgan fingerprint density at radius 3 is 2.57 bits per heavy atom. The first-order valence-corrected chi connectivity index (χ1v) is 4.23. The van der Waals surface area contributed by atoms with Crippen LogP contribution in [0.5, 0.6) is 5.75 Å². The minimum Gasteiger partial charge on any atom is -0.503 e. The standard InChI is InChI=1S/C11H9NO2/c13-11-8-14-12-10(11)7-6-9-4-2-1-3-5-9/h1-8,13H. The first kappa shape index (κ1) is 8.56. The number of aromatic nitrogens is 1. The SMILES string of the molecule is Oc1conc1C=Cc1ccccc1. The predicted molar refractivity (Wildman–Crippen MR) is 53.5 cm³/mol. The van der Waals surface area contributed by atoms with Gasteiger partial charge in [0.15, 0.2) is 12.0 Å². The van der Waals surface area contributed by atoms with Gasteiger partial charge in [-0.1, -0.05) is 41.6 Å². The monoisotopic (exact) mass is 187 g/mol. The summed E-state index contributed by atoms with van der Waals surface area (Å²) in [7, 11) is 0. The predicted octanol–water partition coefficient (Wildman–Crippen LogP) is 2.55. The van der Waals surface area contributed by atoms with E-state index < -0.39 is 0 Å². The molecular weight excluding hydrogens is 178 g/mol. The normalized spacial score (nSPS) is 10.9. The molecule has 3 nitrogen and oxygen atoms in total. The van der Waals surface area contributed by atoms with E-state index in [9.17, 15) is 5.11 Å². The van der Waals surface area contributed by atoms with E-state index in [1.54, 1.807) is 6.08 Å². The molecule has 1 N–H and O–H groups in total. The number of aromatic hydroxyl groups is 1. The molecule has 0 saturated carbocycles. The molecule has 0 aliphatic rings. The van der Waals surface area contributed by atoms with E-state index in [4.69, 9.17) is 0 Å². The number of benzene rings is 1. The Balaban J connectivity index is 2.20. The third kappa shape index (κ3) is 1.82. The van der Waals surface area contributed by atoms with Crippen LogP contribution in [0.25, 0.3) is 12.2 Å². The molecular formula is C11H9NO2. The zero-order valence-electron chi connectivity index (χ0n) is 7.42. The average Bonchev–Trinajstić information content (AvgIpc) is 2.63. The van der Waals surface area contributed by atoms with Crippen molar-refractivity contribution in [2.75, 3.05) is 0 Å². The van der Waals surface area contributed by atoms with Crippen molar-refractivity contribution in [1.82, 2.24) is 5.16 Å². The molecule has 3 heteroatoms. The van der Waals surface area contributed by atoms with E-state index in [2.05, 4.69) is 9.68 Å². The lowest BCUT2D eigenvalue weighted by atomic mass is 10.2. The number of hydrogen-bond acceptors (Lipinski definition) is 3. The smallest absolute Gasteiger partial charge is 0.183 e. The van der Waals surface area contributed by atoms with Crippen LogP contribution in [0.4, 0.5) is 0 Å². The van der Waals surface area contributed by atoms with E-state index in [1.165, 1.54) is 6.26 Å². The Hall–Kier alpha value is -2.03. The van der Waals surface area contributed by atoms with Crippen molar-refractivity contribution in [2.24, 2.45) is 0 Å². The van der Waals surface area contributed by atoms with Gasteiger partial charge in [-0.3, -0.25) is 0 Å². The minimum atomic E-state index is 0.0529. The van der Waals surface area contributed by atoms with Crippen molar-refractivity contribution in [2.45, 2.75) is 0 Å². The molecule has 0 aliphatic carbocycles. The van der Waals surface area contributed by atoms with Gasteiger partial charge in [0, 0.05) is 0 Å². The molecule has 0 unspecified atom stereocenters. The zero-order chi connectivity index (χ0) is 9.80. The van der Waals surface area contributed by atoms with E-state index in [-0.39, 0.29) is 5.75 Å². The largest absolute Gasteiger partial charge is 0.503 e. The molecule has 1 heterocycles. The van der Waals surface area contributed by atoms with E-state index in [1.807, 2.05) is 36.4 Å². The van der Waals surface area contributed by atoms with Gasteiger partial charge in [-0.25, -0.2) is 0 Å². The van der Waals surface area contributed by atoms with Crippen LogP contribution >= 0.6 is 0 Å². The van der Waals surface area contributed by atoms with Crippen LogP contribution in [0, 0.1) is 0 Å². The number of nitrogens with zero attached hydrogens (tertiary/aromatic N) is 1. The third-order valence-corrected chi connectivity index (χ3v) is 1.81. The van der Waals surface area contributed by atoms with Crippen molar-refractivity contribution < 1.29 is 9.63 Å². The number of hydrogen-bond donors (Lipinski definition) is 1. The van der Waals surface area contributed by atoms with Gasteiger partial charge >= 0.3 is 0 Å². The Morgan fingerprint density at radius 2 is 1.93 bits per heavy atom. The van der Waals surface area contributed by atoms with Crippen molar-refractivity contribution in [1.29, 1.82) is 0 Å². The van der Waals surface area contributed by atoms with E-state index in [0.717, 1.165) is 5.56 Å². The Kier molecular flexibility index (Phi) is 2.32. The van der Waals surface area contributed by atoms with Gasteiger partial charge in [0.05, 0.1) is 0 Å². The fourth-order valence-corrected chi connectivity index (χ4v) is 1.10. The van der Waals surface area contributed by atoms with Gasteiger partial charge in [0.2, 0.25) is 0 Å². The highest BCUT2D eigenvalue weighted by molar-refractivity contribution is 5.69.